The number of nitrogens with one attached hydrogen (secondary N) is 1. The first-order valence-corrected chi connectivity index (χ1v) is 7.44. The molecule has 7 nitrogen and oxygen atoms in total. The van der Waals surface area contributed by atoms with E-state index in [1.807, 2.05) is 0 Å². The Morgan fingerprint density at radius 2 is 2.20 bits per heavy atom. The zero-order valence-corrected chi connectivity index (χ0v) is 11.6. The third-order valence-electron chi connectivity index (χ3n) is 3.16. The van der Waals surface area contributed by atoms with Gasteiger partial charge in [0.1, 0.15) is 0 Å². The Bertz CT molecular complexity index is 635. The number of benzene rings is 1. The highest BCUT2D eigenvalue weighted by atomic mass is 32.2. The number of sulfonamides is 1. The second-order valence-corrected chi connectivity index (χ2v) is 6.43. The summed E-state index contributed by atoms with van der Waals surface area (Å²) in [5, 5.41) is 13.6. The van der Waals surface area contributed by atoms with Crippen LogP contribution >= 0.6 is 0 Å². The van der Waals surface area contributed by atoms with Crippen molar-refractivity contribution in [1.29, 1.82) is 0 Å². The highest BCUT2D eigenvalue weighted by Gasteiger charge is 2.32. The van der Waals surface area contributed by atoms with Crippen LogP contribution in [0.1, 0.15) is 6.92 Å². The maximum atomic E-state index is 13.6. The Labute approximate surface area is 115 Å². The van der Waals surface area contributed by atoms with Crippen molar-refractivity contribution >= 4 is 15.7 Å². The molecular formula is C11H14FN3O4S. The molecule has 1 N–H and O–H groups in total. The highest BCUT2D eigenvalue weighted by molar-refractivity contribution is 7.89. The van der Waals surface area contributed by atoms with Crippen molar-refractivity contribution < 1.29 is 17.7 Å². The summed E-state index contributed by atoms with van der Waals surface area (Å²) in [5.74, 6) is -1.15. The number of rotatable bonds is 3. The fourth-order valence-electron chi connectivity index (χ4n) is 2.11. The van der Waals surface area contributed by atoms with E-state index in [0.29, 0.717) is 19.2 Å². The van der Waals surface area contributed by atoms with E-state index >= 15 is 0 Å². The summed E-state index contributed by atoms with van der Waals surface area (Å²) in [6, 6.07) is 2.37. The minimum atomic E-state index is -3.85. The Morgan fingerprint density at radius 3 is 2.75 bits per heavy atom. The summed E-state index contributed by atoms with van der Waals surface area (Å²) in [6.45, 7) is 3.04. The van der Waals surface area contributed by atoms with Gasteiger partial charge in [0.15, 0.2) is 0 Å². The van der Waals surface area contributed by atoms with Gasteiger partial charge in [-0.25, -0.2) is 8.42 Å². The molecule has 0 radical (unpaired) electrons. The number of piperazine rings is 1. The van der Waals surface area contributed by atoms with E-state index in [9.17, 15) is 22.9 Å². The van der Waals surface area contributed by atoms with Crippen LogP contribution in [0.15, 0.2) is 23.1 Å². The van der Waals surface area contributed by atoms with E-state index < -0.39 is 26.5 Å². The summed E-state index contributed by atoms with van der Waals surface area (Å²) in [5.41, 5.74) is -0.739. The molecule has 1 fully saturated rings. The van der Waals surface area contributed by atoms with Gasteiger partial charge in [0.25, 0.3) is 0 Å². The molecule has 0 saturated carbocycles. The molecule has 0 spiro atoms. The topological polar surface area (TPSA) is 92.6 Å². The molecule has 1 saturated heterocycles. The van der Waals surface area contributed by atoms with Crippen LogP contribution in [-0.2, 0) is 10.0 Å². The first-order chi connectivity index (χ1) is 9.34. The van der Waals surface area contributed by atoms with Gasteiger partial charge >= 0.3 is 5.69 Å². The Hall–Kier alpha value is -1.58. The smallest absolute Gasteiger partial charge is 0.304 e. The quantitative estimate of drug-likeness (QED) is 0.656. The number of nitro benzene ring substituents is 1. The number of hydrogen-bond acceptors (Lipinski definition) is 5. The van der Waals surface area contributed by atoms with Crippen LogP contribution in [0.3, 0.4) is 0 Å². The molecule has 0 amide bonds. The first-order valence-electron chi connectivity index (χ1n) is 6.00. The minimum absolute atomic E-state index is 0.257. The zero-order valence-electron chi connectivity index (χ0n) is 10.7. The van der Waals surface area contributed by atoms with Crippen LogP contribution < -0.4 is 5.32 Å². The second-order valence-electron chi connectivity index (χ2n) is 4.54. The number of nitro groups is 1. The average Bonchev–Trinajstić information content (AvgIpc) is 2.38. The van der Waals surface area contributed by atoms with E-state index in [1.54, 1.807) is 6.92 Å². The van der Waals surface area contributed by atoms with Crippen molar-refractivity contribution in [3.63, 3.8) is 0 Å². The van der Waals surface area contributed by atoms with Crippen molar-refractivity contribution in [2.24, 2.45) is 0 Å². The van der Waals surface area contributed by atoms with Crippen LogP contribution in [0.4, 0.5) is 10.1 Å². The molecule has 0 unspecified atom stereocenters. The van der Waals surface area contributed by atoms with Crippen LogP contribution in [-0.4, -0.2) is 43.3 Å². The minimum Gasteiger partial charge on any atom is -0.314 e. The van der Waals surface area contributed by atoms with Crippen molar-refractivity contribution in [1.82, 2.24) is 9.62 Å². The van der Waals surface area contributed by atoms with Crippen LogP contribution in [0.2, 0.25) is 0 Å². The highest BCUT2D eigenvalue weighted by Crippen LogP contribution is 2.24. The molecule has 0 aromatic heterocycles. The predicted octanol–water partition coefficient (Wildman–Crippen LogP) is 0.716. The van der Waals surface area contributed by atoms with Crippen LogP contribution in [0.5, 0.6) is 0 Å². The van der Waals surface area contributed by atoms with Gasteiger partial charge in [-0.05, 0) is 13.0 Å². The summed E-state index contributed by atoms with van der Waals surface area (Å²) >= 11 is 0. The molecule has 1 aliphatic rings. The molecule has 2 rings (SSSR count). The standard InChI is InChI=1S/C11H14FN3O4S/c1-8-7-13-4-5-14(8)20(18,19)9-2-3-11(15(16)17)10(12)6-9/h2-3,6,8,13H,4-5,7H2,1H3/t8-/m0/s1. The number of hydrogen-bond donors (Lipinski definition) is 1. The van der Waals surface area contributed by atoms with Crippen molar-refractivity contribution in [2.45, 2.75) is 17.9 Å². The lowest BCUT2D eigenvalue weighted by Crippen LogP contribution is -2.52. The third-order valence-corrected chi connectivity index (χ3v) is 5.17. The second kappa shape index (κ2) is 5.43. The van der Waals surface area contributed by atoms with Crippen molar-refractivity contribution in [3.8, 4) is 0 Å². The summed E-state index contributed by atoms with van der Waals surface area (Å²) < 4.78 is 39.6. The molecule has 1 aliphatic heterocycles. The van der Waals surface area contributed by atoms with E-state index in [-0.39, 0.29) is 17.5 Å². The molecule has 9 heteroatoms. The molecule has 1 aromatic rings. The van der Waals surface area contributed by atoms with E-state index in [4.69, 9.17) is 0 Å². The molecule has 1 aromatic carbocycles. The Kier molecular flexibility index (Phi) is 4.02. The van der Waals surface area contributed by atoms with Crippen LogP contribution in [0, 0.1) is 15.9 Å². The SMILES string of the molecule is C[C@H]1CNCCN1S(=O)(=O)c1ccc([N+](=O)[O-])c(F)c1. The third kappa shape index (κ3) is 2.65. The molecule has 110 valence electrons. The van der Waals surface area contributed by atoms with Gasteiger partial charge in [0, 0.05) is 37.8 Å². The molecule has 1 heterocycles. The van der Waals surface area contributed by atoms with Gasteiger partial charge in [-0.15, -0.1) is 0 Å². The maximum absolute atomic E-state index is 13.6. The van der Waals surface area contributed by atoms with Crippen LogP contribution in [0.25, 0.3) is 0 Å². The lowest BCUT2D eigenvalue weighted by Gasteiger charge is -2.32. The van der Waals surface area contributed by atoms with Crippen molar-refractivity contribution in [2.75, 3.05) is 19.6 Å². The Balaban J connectivity index is 2.39. The molecule has 0 bridgehead atoms. The van der Waals surface area contributed by atoms with Gasteiger partial charge in [-0.2, -0.15) is 8.70 Å². The summed E-state index contributed by atoms with van der Waals surface area (Å²) in [6.07, 6.45) is 0. The maximum Gasteiger partial charge on any atom is 0.304 e. The lowest BCUT2D eigenvalue weighted by molar-refractivity contribution is -0.387. The van der Waals surface area contributed by atoms with Gasteiger partial charge in [-0.3, -0.25) is 10.1 Å². The van der Waals surface area contributed by atoms with E-state index in [2.05, 4.69) is 5.32 Å². The summed E-state index contributed by atoms with van der Waals surface area (Å²) in [4.78, 5) is 9.38. The predicted molar refractivity (Wildman–Crippen MR) is 69.3 cm³/mol. The number of nitrogens with zero attached hydrogens (tertiary/aromatic N) is 2. The van der Waals surface area contributed by atoms with Gasteiger partial charge in [0.05, 0.1) is 9.82 Å². The fourth-order valence-corrected chi connectivity index (χ4v) is 3.75. The first kappa shape index (κ1) is 14.8. The average molecular weight is 303 g/mol. The van der Waals surface area contributed by atoms with E-state index in [0.717, 1.165) is 12.1 Å². The van der Waals surface area contributed by atoms with Crippen molar-refractivity contribution in [3.05, 3.63) is 34.1 Å². The monoisotopic (exact) mass is 303 g/mol. The molecule has 20 heavy (non-hydrogen) atoms. The van der Waals surface area contributed by atoms with Gasteiger partial charge < -0.3 is 5.32 Å². The Morgan fingerprint density at radius 1 is 1.50 bits per heavy atom. The fraction of sp³-hybridized carbons (Fsp3) is 0.455. The normalized spacial score (nSPS) is 20.8. The van der Waals surface area contributed by atoms with Gasteiger partial charge in [0.2, 0.25) is 15.8 Å². The molecular weight excluding hydrogens is 289 g/mol. The molecule has 0 aliphatic carbocycles. The number of halogens is 1. The zero-order chi connectivity index (χ0) is 14.9. The van der Waals surface area contributed by atoms with Gasteiger partial charge in [-0.1, -0.05) is 0 Å². The molecule has 1 atom stereocenters. The summed E-state index contributed by atoms with van der Waals surface area (Å²) in [7, 11) is -3.85. The largest absolute Gasteiger partial charge is 0.314 e. The van der Waals surface area contributed by atoms with E-state index in [1.165, 1.54) is 4.31 Å². The lowest BCUT2D eigenvalue weighted by atomic mass is 10.3.